The lowest BCUT2D eigenvalue weighted by Crippen LogP contribution is -2.58. The maximum atomic E-state index is 11.9. The molecule has 0 unspecified atom stereocenters. The minimum atomic E-state index is -0.219. The van der Waals surface area contributed by atoms with Crippen LogP contribution >= 0.6 is 0 Å². The Morgan fingerprint density at radius 1 is 1.29 bits per heavy atom. The highest BCUT2D eigenvalue weighted by molar-refractivity contribution is 5.80. The molecule has 1 atom stereocenters. The van der Waals surface area contributed by atoms with E-state index in [1.54, 1.807) is 0 Å². The highest BCUT2D eigenvalue weighted by Crippen LogP contribution is 2.39. The molecule has 1 N–H and O–H groups in total. The number of aryl methyl sites for hydroxylation is 1. The number of carbonyl (C=O) groups is 1. The Balaban J connectivity index is 2.03. The zero-order chi connectivity index (χ0) is 11.9. The van der Waals surface area contributed by atoms with Gasteiger partial charge in [0.1, 0.15) is 5.66 Å². The van der Waals surface area contributed by atoms with Gasteiger partial charge in [-0.05, 0) is 31.9 Å². The Morgan fingerprint density at radius 3 is 2.82 bits per heavy atom. The molecule has 0 spiro atoms. The van der Waals surface area contributed by atoms with Gasteiger partial charge in [0, 0.05) is 13.0 Å². The molecule has 2 saturated heterocycles. The number of amides is 1. The van der Waals surface area contributed by atoms with E-state index in [1.807, 2.05) is 4.90 Å². The molecule has 2 aliphatic heterocycles. The van der Waals surface area contributed by atoms with E-state index in [4.69, 9.17) is 0 Å². The lowest BCUT2D eigenvalue weighted by atomic mass is 9.93. The van der Waals surface area contributed by atoms with Crippen molar-refractivity contribution in [1.29, 1.82) is 0 Å². The second-order valence-electron chi connectivity index (χ2n) is 5.05. The van der Waals surface area contributed by atoms with Crippen LogP contribution in [0.3, 0.4) is 0 Å². The van der Waals surface area contributed by atoms with E-state index in [1.165, 1.54) is 11.1 Å². The first-order valence-electron chi connectivity index (χ1n) is 6.35. The second kappa shape index (κ2) is 3.84. The van der Waals surface area contributed by atoms with Crippen LogP contribution in [0, 0.1) is 6.92 Å². The summed E-state index contributed by atoms with van der Waals surface area (Å²) in [4.78, 5) is 14.0. The van der Waals surface area contributed by atoms with Gasteiger partial charge in [0.25, 0.3) is 0 Å². The van der Waals surface area contributed by atoms with E-state index in [0.717, 1.165) is 25.9 Å². The summed E-state index contributed by atoms with van der Waals surface area (Å²) in [6.45, 7) is 3.98. The fourth-order valence-corrected chi connectivity index (χ4v) is 3.03. The molecule has 0 radical (unpaired) electrons. The quantitative estimate of drug-likeness (QED) is 0.797. The van der Waals surface area contributed by atoms with Crippen LogP contribution in [0.1, 0.15) is 30.4 Å². The van der Waals surface area contributed by atoms with Gasteiger partial charge in [-0.15, -0.1) is 0 Å². The Bertz CT molecular complexity index is 440. The average Bonchev–Trinajstić information content (AvgIpc) is 2.70. The van der Waals surface area contributed by atoms with E-state index >= 15 is 0 Å². The Hall–Kier alpha value is -1.35. The summed E-state index contributed by atoms with van der Waals surface area (Å²) in [6, 6.07) is 8.56. The van der Waals surface area contributed by atoms with Crippen LogP contribution in [-0.2, 0) is 10.5 Å². The van der Waals surface area contributed by atoms with Crippen LogP contribution in [0.15, 0.2) is 24.3 Å². The van der Waals surface area contributed by atoms with Gasteiger partial charge in [-0.3, -0.25) is 10.1 Å². The third kappa shape index (κ3) is 1.57. The highest BCUT2D eigenvalue weighted by Gasteiger charge is 2.47. The molecule has 0 saturated carbocycles. The van der Waals surface area contributed by atoms with Gasteiger partial charge < -0.3 is 4.90 Å². The van der Waals surface area contributed by atoms with Crippen molar-refractivity contribution in [2.75, 3.05) is 13.1 Å². The molecule has 0 aromatic heterocycles. The molecule has 1 aromatic carbocycles. The molecule has 3 heteroatoms. The van der Waals surface area contributed by atoms with Crippen LogP contribution in [-0.4, -0.2) is 23.9 Å². The lowest BCUT2D eigenvalue weighted by molar-refractivity contribution is -0.133. The molecular weight excluding hydrogens is 212 g/mol. The summed E-state index contributed by atoms with van der Waals surface area (Å²) >= 11 is 0. The van der Waals surface area contributed by atoms with Gasteiger partial charge in [0.2, 0.25) is 5.91 Å². The molecule has 3 rings (SSSR count). The minimum Gasteiger partial charge on any atom is -0.320 e. The van der Waals surface area contributed by atoms with Crippen LogP contribution < -0.4 is 5.32 Å². The first kappa shape index (κ1) is 10.8. The van der Waals surface area contributed by atoms with Crippen LogP contribution in [0.5, 0.6) is 0 Å². The number of hydrogen-bond acceptors (Lipinski definition) is 2. The maximum Gasteiger partial charge on any atom is 0.224 e. The maximum absolute atomic E-state index is 11.9. The van der Waals surface area contributed by atoms with Crippen molar-refractivity contribution < 1.29 is 4.79 Å². The molecule has 90 valence electrons. The topological polar surface area (TPSA) is 32.3 Å². The van der Waals surface area contributed by atoms with E-state index < -0.39 is 0 Å². The van der Waals surface area contributed by atoms with Crippen LogP contribution in [0.2, 0.25) is 0 Å². The van der Waals surface area contributed by atoms with Gasteiger partial charge in [-0.25, -0.2) is 0 Å². The van der Waals surface area contributed by atoms with Crippen LogP contribution in [0.25, 0.3) is 0 Å². The van der Waals surface area contributed by atoms with Gasteiger partial charge in [-0.2, -0.15) is 0 Å². The average molecular weight is 230 g/mol. The summed E-state index contributed by atoms with van der Waals surface area (Å²) < 4.78 is 0. The standard InChI is InChI=1S/C14H18N2O/c1-11-3-5-12(6-4-11)14-8-7-13(17)16(14)10-2-9-15-14/h3-6,15H,2,7-10H2,1H3/t14-/m0/s1. The summed E-state index contributed by atoms with van der Waals surface area (Å²) in [5, 5.41) is 3.57. The molecule has 2 aliphatic rings. The Morgan fingerprint density at radius 2 is 2.06 bits per heavy atom. The fraction of sp³-hybridized carbons (Fsp3) is 0.500. The molecule has 2 heterocycles. The lowest BCUT2D eigenvalue weighted by Gasteiger charge is -2.43. The number of nitrogens with one attached hydrogen (secondary N) is 1. The first-order chi connectivity index (χ1) is 8.22. The Kier molecular flexibility index (Phi) is 2.44. The van der Waals surface area contributed by atoms with Crippen molar-refractivity contribution >= 4 is 5.91 Å². The zero-order valence-corrected chi connectivity index (χ0v) is 10.2. The molecule has 0 bridgehead atoms. The van der Waals surface area contributed by atoms with Gasteiger partial charge in [-0.1, -0.05) is 29.8 Å². The van der Waals surface area contributed by atoms with E-state index in [0.29, 0.717) is 6.42 Å². The monoisotopic (exact) mass is 230 g/mol. The fourth-order valence-electron chi connectivity index (χ4n) is 3.03. The van der Waals surface area contributed by atoms with Crippen molar-refractivity contribution in [3.05, 3.63) is 35.4 Å². The highest BCUT2D eigenvalue weighted by atomic mass is 16.2. The van der Waals surface area contributed by atoms with Crippen molar-refractivity contribution in [2.45, 2.75) is 31.8 Å². The number of hydrogen-bond donors (Lipinski definition) is 1. The number of fused-ring (bicyclic) bond motifs is 1. The molecule has 0 aliphatic carbocycles. The summed E-state index contributed by atoms with van der Waals surface area (Å²) in [5.74, 6) is 0.290. The number of carbonyl (C=O) groups excluding carboxylic acids is 1. The van der Waals surface area contributed by atoms with Crippen LogP contribution in [0.4, 0.5) is 0 Å². The predicted octanol–water partition coefficient (Wildman–Crippen LogP) is 1.76. The van der Waals surface area contributed by atoms with Gasteiger partial charge >= 0.3 is 0 Å². The molecule has 1 amide bonds. The van der Waals surface area contributed by atoms with Crippen molar-refractivity contribution in [1.82, 2.24) is 10.2 Å². The minimum absolute atomic E-state index is 0.219. The Labute approximate surface area is 102 Å². The predicted molar refractivity (Wildman–Crippen MR) is 66.4 cm³/mol. The van der Waals surface area contributed by atoms with E-state index in [9.17, 15) is 4.79 Å². The first-order valence-corrected chi connectivity index (χ1v) is 6.35. The van der Waals surface area contributed by atoms with Crippen molar-refractivity contribution in [3.8, 4) is 0 Å². The van der Waals surface area contributed by atoms with Gasteiger partial charge in [0.15, 0.2) is 0 Å². The molecule has 2 fully saturated rings. The largest absolute Gasteiger partial charge is 0.320 e. The molecule has 3 nitrogen and oxygen atoms in total. The zero-order valence-electron chi connectivity index (χ0n) is 10.2. The van der Waals surface area contributed by atoms with E-state index in [-0.39, 0.29) is 11.6 Å². The number of benzene rings is 1. The summed E-state index contributed by atoms with van der Waals surface area (Å²) in [5.41, 5.74) is 2.27. The summed E-state index contributed by atoms with van der Waals surface area (Å²) in [7, 11) is 0. The second-order valence-corrected chi connectivity index (χ2v) is 5.05. The normalized spacial score (nSPS) is 28.3. The SMILES string of the molecule is Cc1ccc([C@]23CCC(=O)N2CCCN3)cc1. The summed E-state index contributed by atoms with van der Waals surface area (Å²) in [6.07, 6.45) is 2.62. The number of nitrogens with zero attached hydrogens (tertiary/aromatic N) is 1. The third-order valence-electron chi connectivity index (χ3n) is 3.97. The molecule has 1 aromatic rings. The molecule has 17 heavy (non-hydrogen) atoms. The van der Waals surface area contributed by atoms with Crippen molar-refractivity contribution in [2.24, 2.45) is 0 Å². The number of rotatable bonds is 1. The van der Waals surface area contributed by atoms with E-state index in [2.05, 4.69) is 36.5 Å². The van der Waals surface area contributed by atoms with Crippen molar-refractivity contribution in [3.63, 3.8) is 0 Å². The smallest absolute Gasteiger partial charge is 0.224 e. The third-order valence-corrected chi connectivity index (χ3v) is 3.97. The molecular formula is C14H18N2O. The van der Waals surface area contributed by atoms with Gasteiger partial charge in [0.05, 0.1) is 0 Å².